The van der Waals surface area contributed by atoms with Gasteiger partial charge < -0.3 is 4.90 Å². The molecule has 0 aromatic carbocycles. The molecule has 1 fully saturated rings. The van der Waals surface area contributed by atoms with E-state index >= 15 is 0 Å². The molecule has 0 N–H and O–H groups in total. The second kappa shape index (κ2) is 5.17. The van der Waals surface area contributed by atoms with E-state index in [0.717, 1.165) is 23.9 Å². The number of rotatable bonds is 2. The van der Waals surface area contributed by atoms with E-state index in [4.69, 9.17) is 0 Å². The van der Waals surface area contributed by atoms with Gasteiger partial charge in [0.15, 0.2) is 0 Å². The monoisotopic (exact) mass is 296 g/mol. The summed E-state index contributed by atoms with van der Waals surface area (Å²) in [5, 5.41) is 0. The van der Waals surface area contributed by atoms with E-state index in [9.17, 15) is 4.79 Å². The lowest BCUT2D eigenvalue weighted by molar-refractivity contribution is 0.0694. The van der Waals surface area contributed by atoms with E-state index in [1.54, 1.807) is 6.20 Å². The van der Waals surface area contributed by atoms with Gasteiger partial charge in [-0.05, 0) is 46.8 Å². The summed E-state index contributed by atoms with van der Waals surface area (Å²) >= 11 is 3.39. The Kier molecular flexibility index (Phi) is 3.82. The third-order valence-electron chi connectivity index (χ3n) is 3.29. The van der Waals surface area contributed by atoms with Gasteiger partial charge in [-0.25, -0.2) is 4.98 Å². The molecule has 0 radical (unpaired) electrons. The van der Waals surface area contributed by atoms with Crippen LogP contribution in [0.3, 0.4) is 0 Å². The van der Waals surface area contributed by atoms with E-state index in [-0.39, 0.29) is 5.91 Å². The third kappa shape index (κ3) is 2.51. The highest BCUT2D eigenvalue weighted by atomic mass is 79.9. The molecule has 0 spiro atoms. The van der Waals surface area contributed by atoms with Crippen LogP contribution in [0.5, 0.6) is 0 Å². The topological polar surface area (TPSA) is 33.2 Å². The number of likely N-dealkylation sites (tertiary alicyclic amines) is 1. The number of hydrogen-bond donors (Lipinski definition) is 0. The van der Waals surface area contributed by atoms with Crippen molar-refractivity contribution in [3.05, 3.63) is 28.5 Å². The number of pyridine rings is 1. The molecule has 4 heteroatoms. The van der Waals surface area contributed by atoms with Crippen LogP contribution in [-0.4, -0.2) is 28.4 Å². The summed E-state index contributed by atoms with van der Waals surface area (Å²) in [5.41, 5.74) is 0.528. The number of amides is 1. The Balaban J connectivity index is 2.23. The molecule has 17 heavy (non-hydrogen) atoms. The van der Waals surface area contributed by atoms with Crippen molar-refractivity contribution in [3.63, 3.8) is 0 Å². The molecular formula is C13H17BrN2O. The van der Waals surface area contributed by atoms with Crippen LogP contribution in [0.1, 0.15) is 37.2 Å². The molecule has 0 bridgehead atoms. The summed E-state index contributed by atoms with van der Waals surface area (Å²) in [4.78, 5) is 18.6. The Morgan fingerprint density at radius 2 is 2.35 bits per heavy atom. The average Bonchev–Trinajstić information content (AvgIpc) is 2.77. The number of carbonyl (C=O) groups is 1. The highest BCUT2D eigenvalue weighted by molar-refractivity contribution is 9.10. The smallest absolute Gasteiger partial charge is 0.273 e. The molecule has 1 aliphatic rings. The Hall–Kier alpha value is -0.900. The van der Waals surface area contributed by atoms with Crippen LogP contribution in [0.25, 0.3) is 0 Å². The minimum Gasteiger partial charge on any atom is -0.334 e. The van der Waals surface area contributed by atoms with Gasteiger partial charge in [-0.15, -0.1) is 0 Å². The first-order valence-electron chi connectivity index (χ1n) is 6.02. The SMILES string of the molecule is CC(C)C1CCCN1C(=O)c1ncccc1Br. The zero-order valence-electron chi connectivity index (χ0n) is 10.2. The van der Waals surface area contributed by atoms with Crippen molar-refractivity contribution in [2.45, 2.75) is 32.7 Å². The quantitative estimate of drug-likeness (QED) is 0.840. The van der Waals surface area contributed by atoms with Crippen LogP contribution in [-0.2, 0) is 0 Å². The van der Waals surface area contributed by atoms with Gasteiger partial charge in [0.2, 0.25) is 0 Å². The number of nitrogens with zero attached hydrogens (tertiary/aromatic N) is 2. The number of halogens is 1. The summed E-state index contributed by atoms with van der Waals surface area (Å²) in [6.45, 7) is 5.19. The minimum atomic E-state index is 0.0497. The Labute approximate surface area is 110 Å². The van der Waals surface area contributed by atoms with Gasteiger partial charge >= 0.3 is 0 Å². The lowest BCUT2D eigenvalue weighted by atomic mass is 10.0. The van der Waals surface area contributed by atoms with Gasteiger partial charge in [0.25, 0.3) is 5.91 Å². The van der Waals surface area contributed by atoms with Crippen LogP contribution in [0.4, 0.5) is 0 Å². The van der Waals surface area contributed by atoms with Crippen molar-refractivity contribution in [1.82, 2.24) is 9.88 Å². The molecule has 2 heterocycles. The molecule has 0 aliphatic carbocycles. The molecule has 2 rings (SSSR count). The molecule has 92 valence electrons. The van der Waals surface area contributed by atoms with Crippen molar-refractivity contribution >= 4 is 21.8 Å². The van der Waals surface area contributed by atoms with Gasteiger partial charge in [-0.3, -0.25) is 4.79 Å². The predicted octanol–water partition coefficient (Wildman–Crippen LogP) is 3.10. The van der Waals surface area contributed by atoms with E-state index in [1.165, 1.54) is 0 Å². The second-order valence-corrected chi connectivity index (χ2v) is 5.64. The molecule has 3 nitrogen and oxygen atoms in total. The maximum Gasteiger partial charge on any atom is 0.273 e. The number of hydrogen-bond acceptors (Lipinski definition) is 2. The molecular weight excluding hydrogens is 280 g/mol. The molecule has 1 atom stereocenters. The summed E-state index contributed by atoms with van der Waals surface area (Å²) in [6.07, 6.45) is 3.87. The first-order valence-corrected chi connectivity index (χ1v) is 6.82. The van der Waals surface area contributed by atoms with Crippen molar-refractivity contribution in [2.24, 2.45) is 5.92 Å². The standard InChI is InChI=1S/C13H17BrN2O/c1-9(2)11-6-4-8-16(11)13(17)12-10(14)5-3-7-15-12/h3,5,7,9,11H,4,6,8H2,1-2H3. The van der Waals surface area contributed by atoms with Crippen LogP contribution < -0.4 is 0 Å². The number of aromatic nitrogens is 1. The first-order chi connectivity index (χ1) is 8.11. The van der Waals surface area contributed by atoms with Gasteiger partial charge in [0.1, 0.15) is 5.69 Å². The summed E-state index contributed by atoms with van der Waals surface area (Å²) in [6, 6.07) is 4.04. The zero-order chi connectivity index (χ0) is 12.4. The Morgan fingerprint density at radius 3 is 3.00 bits per heavy atom. The zero-order valence-corrected chi connectivity index (χ0v) is 11.8. The van der Waals surface area contributed by atoms with Crippen molar-refractivity contribution in [2.75, 3.05) is 6.54 Å². The fraction of sp³-hybridized carbons (Fsp3) is 0.538. The minimum absolute atomic E-state index is 0.0497. The van der Waals surface area contributed by atoms with E-state index in [1.807, 2.05) is 17.0 Å². The lowest BCUT2D eigenvalue weighted by Gasteiger charge is -2.27. The lowest BCUT2D eigenvalue weighted by Crippen LogP contribution is -2.39. The second-order valence-electron chi connectivity index (χ2n) is 4.79. The van der Waals surface area contributed by atoms with Gasteiger partial charge in [-0.1, -0.05) is 13.8 Å². The van der Waals surface area contributed by atoms with Crippen molar-refractivity contribution in [1.29, 1.82) is 0 Å². The molecule has 1 aliphatic heterocycles. The average molecular weight is 297 g/mol. The van der Waals surface area contributed by atoms with Gasteiger partial charge in [-0.2, -0.15) is 0 Å². The van der Waals surface area contributed by atoms with Crippen LogP contribution in [0.2, 0.25) is 0 Å². The van der Waals surface area contributed by atoms with Gasteiger partial charge in [0, 0.05) is 23.3 Å². The highest BCUT2D eigenvalue weighted by Gasteiger charge is 2.32. The van der Waals surface area contributed by atoms with E-state index in [0.29, 0.717) is 17.7 Å². The van der Waals surface area contributed by atoms with Crippen molar-refractivity contribution in [3.8, 4) is 0 Å². The maximum absolute atomic E-state index is 12.4. The predicted molar refractivity (Wildman–Crippen MR) is 70.8 cm³/mol. The van der Waals surface area contributed by atoms with Crippen LogP contribution in [0, 0.1) is 5.92 Å². The molecule has 1 amide bonds. The van der Waals surface area contributed by atoms with Crippen LogP contribution in [0.15, 0.2) is 22.8 Å². The van der Waals surface area contributed by atoms with Crippen LogP contribution >= 0.6 is 15.9 Å². The molecule has 1 unspecified atom stereocenters. The number of carbonyl (C=O) groups excluding carboxylic acids is 1. The maximum atomic E-state index is 12.4. The normalized spacial score (nSPS) is 20.0. The van der Waals surface area contributed by atoms with Crippen molar-refractivity contribution < 1.29 is 4.79 Å². The fourth-order valence-electron chi connectivity index (χ4n) is 2.42. The largest absolute Gasteiger partial charge is 0.334 e. The summed E-state index contributed by atoms with van der Waals surface area (Å²) in [7, 11) is 0. The third-order valence-corrected chi connectivity index (χ3v) is 3.93. The molecule has 1 aromatic rings. The first kappa shape index (κ1) is 12.6. The fourth-order valence-corrected chi connectivity index (χ4v) is 2.84. The summed E-state index contributed by atoms with van der Waals surface area (Å²) < 4.78 is 0.777. The summed E-state index contributed by atoms with van der Waals surface area (Å²) in [5.74, 6) is 0.553. The van der Waals surface area contributed by atoms with E-state index in [2.05, 4.69) is 34.8 Å². The molecule has 1 aromatic heterocycles. The molecule has 0 saturated carbocycles. The van der Waals surface area contributed by atoms with Gasteiger partial charge in [0.05, 0.1) is 0 Å². The molecule has 1 saturated heterocycles. The Bertz CT molecular complexity index is 420. The Morgan fingerprint density at radius 1 is 1.59 bits per heavy atom. The van der Waals surface area contributed by atoms with E-state index < -0.39 is 0 Å². The highest BCUT2D eigenvalue weighted by Crippen LogP contribution is 2.26.